The number of benzene rings is 2. The third kappa shape index (κ3) is 4.82. The summed E-state index contributed by atoms with van der Waals surface area (Å²) in [4.78, 5) is 14.4. The van der Waals surface area contributed by atoms with Crippen molar-refractivity contribution in [2.75, 3.05) is 0 Å². The summed E-state index contributed by atoms with van der Waals surface area (Å²) in [6.45, 7) is 0.120. The van der Waals surface area contributed by atoms with E-state index in [1.807, 2.05) is 30.3 Å². The average molecular weight is 453 g/mol. The van der Waals surface area contributed by atoms with E-state index in [1.165, 1.54) is 0 Å². The molecule has 1 N–H and O–H groups in total. The van der Waals surface area contributed by atoms with Crippen LogP contribution in [0.4, 0.5) is 22.4 Å². The van der Waals surface area contributed by atoms with Gasteiger partial charge in [0.05, 0.1) is 5.60 Å². The summed E-state index contributed by atoms with van der Waals surface area (Å²) in [5, 5.41) is 11.3. The number of halogens is 4. The highest BCUT2D eigenvalue weighted by Crippen LogP contribution is 2.45. The second-order valence-corrected chi connectivity index (χ2v) is 8.32. The summed E-state index contributed by atoms with van der Waals surface area (Å²) in [5.74, 6) is -1.67. The predicted octanol–water partition coefficient (Wildman–Crippen LogP) is 5.27. The van der Waals surface area contributed by atoms with Gasteiger partial charge in [0.15, 0.2) is 0 Å². The highest BCUT2D eigenvalue weighted by atomic mass is 19.4. The predicted molar refractivity (Wildman–Crippen MR) is 106 cm³/mol. The first-order valence-electron chi connectivity index (χ1n) is 10.4. The van der Waals surface area contributed by atoms with E-state index in [1.54, 1.807) is 4.90 Å². The van der Waals surface area contributed by atoms with Crippen LogP contribution in [0.25, 0.3) is 0 Å². The van der Waals surface area contributed by atoms with Crippen molar-refractivity contribution in [3.05, 3.63) is 65.5 Å². The molecule has 5 nitrogen and oxygen atoms in total. The normalized spacial score (nSPS) is 25.3. The minimum absolute atomic E-state index is 0.0698. The SMILES string of the molecule is O=C(OCc1ccccc1)N1C2CCCC1CC(O)(c1ccc(OC(F)(F)F)cc1F)C2. The summed E-state index contributed by atoms with van der Waals surface area (Å²) in [7, 11) is 0. The van der Waals surface area contributed by atoms with Crippen molar-refractivity contribution in [1.29, 1.82) is 0 Å². The molecule has 2 fully saturated rings. The van der Waals surface area contributed by atoms with E-state index < -0.39 is 29.6 Å². The Morgan fingerprint density at radius 2 is 1.75 bits per heavy atom. The molecule has 2 heterocycles. The summed E-state index contributed by atoms with van der Waals surface area (Å²) in [6, 6.07) is 11.3. The second-order valence-electron chi connectivity index (χ2n) is 8.32. The Hall–Kier alpha value is -2.81. The zero-order chi connectivity index (χ0) is 22.9. The van der Waals surface area contributed by atoms with Crippen LogP contribution in [-0.4, -0.2) is 34.5 Å². The Bertz CT molecular complexity index is 952. The first-order chi connectivity index (χ1) is 15.1. The van der Waals surface area contributed by atoms with E-state index in [9.17, 15) is 27.5 Å². The standard InChI is InChI=1S/C23H23F4NO4/c24-20-11-18(32-23(25,26)27)9-10-19(20)22(30)12-16-7-4-8-17(13-22)28(16)21(29)31-14-15-5-2-1-3-6-15/h1-3,5-6,9-11,16-17,30H,4,7-8,12-14H2. The van der Waals surface area contributed by atoms with Gasteiger partial charge in [-0.3, -0.25) is 0 Å². The van der Waals surface area contributed by atoms with Gasteiger partial charge in [-0.15, -0.1) is 13.2 Å². The topological polar surface area (TPSA) is 59.0 Å². The van der Waals surface area contributed by atoms with Crippen LogP contribution in [0.2, 0.25) is 0 Å². The molecule has 2 atom stereocenters. The van der Waals surface area contributed by atoms with Gasteiger partial charge in [0.1, 0.15) is 18.2 Å². The Kier molecular flexibility index (Phi) is 6.03. The van der Waals surface area contributed by atoms with Crippen LogP contribution in [0, 0.1) is 5.82 Å². The van der Waals surface area contributed by atoms with Gasteiger partial charge >= 0.3 is 12.5 Å². The summed E-state index contributed by atoms with van der Waals surface area (Å²) in [6.07, 6.45) is -3.19. The molecule has 172 valence electrons. The maximum Gasteiger partial charge on any atom is 0.573 e. The van der Waals surface area contributed by atoms with Gasteiger partial charge in [0.25, 0.3) is 0 Å². The first kappa shape index (κ1) is 22.4. The molecule has 0 saturated carbocycles. The lowest BCUT2D eigenvalue weighted by atomic mass is 9.72. The number of alkyl halides is 3. The monoisotopic (exact) mass is 453 g/mol. The number of rotatable bonds is 4. The lowest BCUT2D eigenvalue weighted by Crippen LogP contribution is -2.59. The lowest BCUT2D eigenvalue weighted by Gasteiger charge is -2.51. The molecule has 2 saturated heterocycles. The number of carbonyl (C=O) groups is 1. The molecule has 0 aromatic heterocycles. The smallest absolute Gasteiger partial charge is 0.445 e. The van der Waals surface area contributed by atoms with Crippen LogP contribution >= 0.6 is 0 Å². The van der Waals surface area contributed by atoms with Crippen molar-refractivity contribution in [3.8, 4) is 5.75 Å². The molecule has 32 heavy (non-hydrogen) atoms. The molecule has 1 amide bonds. The fourth-order valence-corrected chi connectivity index (χ4v) is 4.81. The molecule has 2 bridgehead atoms. The minimum atomic E-state index is -4.94. The van der Waals surface area contributed by atoms with E-state index in [-0.39, 0.29) is 37.1 Å². The number of aliphatic hydroxyl groups is 1. The van der Waals surface area contributed by atoms with Crippen LogP contribution in [0.1, 0.15) is 43.2 Å². The molecule has 2 unspecified atom stereocenters. The fourth-order valence-electron chi connectivity index (χ4n) is 4.81. The molecule has 4 rings (SSSR count). The molecule has 2 aromatic rings. The summed E-state index contributed by atoms with van der Waals surface area (Å²) >= 11 is 0. The number of hydrogen-bond donors (Lipinski definition) is 1. The highest BCUT2D eigenvalue weighted by Gasteiger charge is 2.49. The number of hydrogen-bond acceptors (Lipinski definition) is 4. The Morgan fingerprint density at radius 1 is 1.09 bits per heavy atom. The quantitative estimate of drug-likeness (QED) is 0.642. The second kappa shape index (κ2) is 8.61. The minimum Gasteiger partial charge on any atom is -0.445 e. The van der Waals surface area contributed by atoms with Gasteiger partial charge in [0.2, 0.25) is 0 Å². The van der Waals surface area contributed by atoms with E-state index >= 15 is 0 Å². The maximum atomic E-state index is 14.7. The van der Waals surface area contributed by atoms with Crippen LogP contribution in [-0.2, 0) is 16.9 Å². The number of carbonyl (C=O) groups excluding carboxylic acids is 1. The van der Waals surface area contributed by atoms with Gasteiger partial charge < -0.3 is 19.5 Å². The number of piperidine rings is 2. The Morgan fingerprint density at radius 3 is 2.34 bits per heavy atom. The number of fused-ring (bicyclic) bond motifs is 2. The fraction of sp³-hybridized carbons (Fsp3) is 0.435. The van der Waals surface area contributed by atoms with Crippen LogP contribution < -0.4 is 4.74 Å². The average Bonchev–Trinajstić information content (AvgIpc) is 2.71. The molecule has 0 aliphatic carbocycles. The molecular weight excluding hydrogens is 430 g/mol. The molecular formula is C23H23F4NO4. The Balaban J connectivity index is 1.49. The number of nitrogens with zero attached hydrogens (tertiary/aromatic N) is 1. The molecule has 0 spiro atoms. The highest BCUT2D eigenvalue weighted by molar-refractivity contribution is 5.69. The van der Waals surface area contributed by atoms with E-state index in [2.05, 4.69) is 4.74 Å². The van der Waals surface area contributed by atoms with Crippen LogP contribution in [0.15, 0.2) is 48.5 Å². The van der Waals surface area contributed by atoms with Crippen molar-refractivity contribution < 1.29 is 36.9 Å². The summed E-state index contributed by atoms with van der Waals surface area (Å²) in [5.41, 5.74) is -0.851. The summed E-state index contributed by atoms with van der Waals surface area (Å²) < 4.78 is 61.1. The molecule has 2 aliphatic rings. The van der Waals surface area contributed by atoms with Gasteiger partial charge in [-0.1, -0.05) is 30.3 Å². The largest absolute Gasteiger partial charge is 0.573 e. The first-order valence-corrected chi connectivity index (χ1v) is 10.4. The zero-order valence-electron chi connectivity index (χ0n) is 17.1. The van der Waals surface area contributed by atoms with Crippen molar-refractivity contribution in [1.82, 2.24) is 4.90 Å². The van der Waals surface area contributed by atoms with Gasteiger partial charge in [-0.2, -0.15) is 0 Å². The van der Waals surface area contributed by atoms with E-state index in [0.717, 1.165) is 24.1 Å². The Labute approximate surface area is 182 Å². The third-order valence-electron chi connectivity index (χ3n) is 6.10. The van der Waals surface area contributed by atoms with Gasteiger partial charge in [0, 0.05) is 36.6 Å². The van der Waals surface area contributed by atoms with Crippen LogP contribution in [0.5, 0.6) is 5.75 Å². The molecule has 9 heteroatoms. The van der Waals surface area contributed by atoms with Crippen molar-refractivity contribution in [2.45, 2.75) is 62.8 Å². The van der Waals surface area contributed by atoms with Crippen molar-refractivity contribution >= 4 is 6.09 Å². The van der Waals surface area contributed by atoms with E-state index in [0.29, 0.717) is 18.9 Å². The van der Waals surface area contributed by atoms with Gasteiger partial charge in [-0.25, -0.2) is 9.18 Å². The number of ether oxygens (including phenoxy) is 2. The maximum absolute atomic E-state index is 14.7. The zero-order valence-corrected chi connectivity index (χ0v) is 17.1. The third-order valence-corrected chi connectivity index (χ3v) is 6.10. The van der Waals surface area contributed by atoms with Gasteiger partial charge in [-0.05, 0) is 37.0 Å². The molecule has 2 aromatic carbocycles. The van der Waals surface area contributed by atoms with Crippen LogP contribution in [0.3, 0.4) is 0 Å². The van der Waals surface area contributed by atoms with E-state index in [4.69, 9.17) is 4.74 Å². The van der Waals surface area contributed by atoms with Crippen molar-refractivity contribution in [3.63, 3.8) is 0 Å². The molecule has 0 radical (unpaired) electrons. The van der Waals surface area contributed by atoms with Crippen molar-refractivity contribution in [2.24, 2.45) is 0 Å². The lowest BCUT2D eigenvalue weighted by molar-refractivity contribution is -0.274. The molecule has 2 aliphatic heterocycles. The number of amides is 1.